The van der Waals surface area contributed by atoms with Gasteiger partial charge in [-0.1, -0.05) is 6.07 Å². The number of hydrogen-bond acceptors (Lipinski definition) is 4. The van der Waals surface area contributed by atoms with E-state index in [4.69, 9.17) is 19.5 Å². The first-order valence-electron chi connectivity index (χ1n) is 5.98. The van der Waals surface area contributed by atoms with Crippen LogP contribution in [0.2, 0.25) is 0 Å². The topological polar surface area (TPSA) is 51.5 Å². The first-order chi connectivity index (χ1) is 8.77. The van der Waals surface area contributed by atoms with Gasteiger partial charge in [-0.15, -0.1) is 0 Å². The van der Waals surface area contributed by atoms with E-state index < -0.39 is 0 Å². The summed E-state index contributed by atoms with van der Waals surface area (Å²) in [5.41, 5.74) is 1.65. The Hall–Kier alpha value is -1.57. The summed E-state index contributed by atoms with van der Waals surface area (Å²) >= 11 is 0. The molecule has 1 aromatic carbocycles. The lowest BCUT2D eigenvalue weighted by atomic mass is 10.1. The average Bonchev–Trinajstić information content (AvgIpc) is 2.39. The maximum Gasteiger partial charge on any atom is 0.123 e. The minimum absolute atomic E-state index is 0.586. The zero-order valence-electron chi connectivity index (χ0n) is 10.9. The van der Waals surface area contributed by atoms with Crippen molar-refractivity contribution in [1.29, 1.82) is 5.26 Å². The van der Waals surface area contributed by atoms with Crippen molar-refractivity contribution in [3.05, 3.63) is 29.3 Å². The smallest absolute Gasteiger partial charge is 0.123 e. The molecule has 0 radical (unpaired) electrons. The van der Waals surface area contributed by atoms with Crippen molar-refractivity contribution in [2.75, 3.05) is 33.5 Å². The van der Waals surface area contributed by atoms with Gasteiger partial charge in [-0.05, 0) is 24.6 Å². The number of methoxy groups -OCH3 is 1. The lowest BCUT2D eigenvalue weighted by molar-refractivity contribution is 0.0644. The molecule has 0 heterocycles. The minimum Gasteiger partial charge on any atom is -0.493 e. The highest BCUT2D eigenvalue weighted by Crippen LogP contribution is 2.19. The van der Waals surface area contributed by atoms with Crippen molar-refractivity contribution >= 4 is 0 Å². The van der Waals surface area contributed by atoms with Gasteiger partial charge in [-0.3, -0.25) is 0 Å². The van der Waals surface area contributed by atoms with E-state index in [0.29, 0.717) is 32.0 Å². The van der Waals surface area contributed by atoms with E-state index in [0.717, 1.165) is 17.7 Å². The number of hydrogen-bond donors (Lipinski definition) is 0. The van der Waals surface area contributed by atoms with Crippen LogP contribution in [0.5, 0.6) is 5.75 Å². The SMILES string of the molecule is COCCOCCCOc1cc(C#N)ccc1C. The Balaban J connectivity index is 2.25. The normalized spacial score (nSPS) is 10.1. The second-order valence-corrected chi connectivity index (χ2v) is 3.90. The highest BCUT2D eigenvalue weighted by atomic mass is 16.5. The Morgan fingerprint density at radius 2 is 2.00 bits per heavy atom. The zero-order valence-corrected chi connectivity index (χ0v) is 10.9. The highest BCUT2D eigenvalue weighted by molar-refractivity contribution is 5.41. The molecule has 0 bridgehead atoms. The maximum atomic E-state index is 8.81. The first-order valence-corrected chi connectivity index (χ1v) is 5.98. The van der Waals surface area contributed by atoms with Gasteiger partial charge < -0.3 is 14.2 Å². The average molecular weight is 249 g/mol. The number of ether oxygens (including phenoxy) is 3. The van der Waals surface area contributed by atoms with Crippen LogP contribution in [0.1, 0.15) is 17.5 Å². The van der Waals surface area contributed by atoms with E-state index in [-0.39, 0.29) is 0 Å². The van der Waals surface area contributed by atoms with Gasteiger partial charge in [0, 0.05) is 20.1 Å². The maximum absolute atomic E-state index is 8.81. The third kappa shape index (κ3) is 5.17. The predicted octanol–water partition coefficient (Wildman–Crippen LogP) is 2.30. The summed E-state index contributed by atoms with van der Waals surface area (Å²) in [5, 5.41) is 8.81. The van der Waals surface area contributed by atoms with E-state index in [1.165, 1.54) is 0 Å². The van der Waals surface area contributed by atoms with Crippen LogP contribution in [0.15, 0.2) is 18.2 Å². The van der Waals surface area contributed by atoms with E-state index in [1.807, 2.05) is 13.0 Å². The van der Waals surface area contributed by atoms with Gasteiger partial charge in [0.25, 0.3) is 0 Å². The molecule has 0 saturated carbocycles. The molecule has 0 amide bonds. The van der Waals surface area contributed by atoms with Crippen LogP contribution < -0.4 is 4.74 Å². The fourth-order valence-corrected chi connectivity index (χ4v) is 1.41. The summed E-state index contributed by atoms with van der Waals surface area (Å²) in [6.07, 6.45) is 0.819. The van der Waals surface area contributed by atoms with Crippen LogP contribution in [-0.4, -0.2) is 33.5 Å². The Kier molecular flexibility index (Phi) is 6.85. The number of nitriles is 1. The van der Waals surface area contributed by atoms with Crippen LogP contribution >= 0.6 is 0 Å². The van der Waals surface area contributed by atoms with E-state index in [1.54, 1.807) is 19.2 Å². The van der Waals surface area contributed by atoms with Gasteiger partial charge in [0.2, 0.25) is 0 Å². The van der Waals surface area contributed by atoms with Crippen molar-refractivity contribution in [1.82, 2.24) is 0 Å². The quantitative estimate of drug-likeness (QED) is 0.663. The number of rotatable bonds is 8. The summed E-state index contributed by atoms with van der Waals surface area (Å²) in [6.45, 7) is 4.43. The Bertz CT molecular complexity index is 399. The monoisotopic (exact) mass is 249 g/mol. The highest BCUT2D eigenvalue weighted by Gasteiger charge is 2.01. The van der Waals surface area contributed by atoms with E-state index in [9.17, 15) is 0 Å². The molecule has 4 nitrogen and oxygen atoms in total. The fraction of sp³-hybridized carbons (Fsp3) is 0.500. The molecule has 4 heteroatoms. The number of nitrogens with zero attached hydrogens (tertiary/aromatic N) is 1. The molecule has 0 aromatic heterocycles. The Morgan fingerprint density at radius 1 is 1.17 bits per heavy atom. The lowest BCUT2D eigenvalue weighted by Crippen LogP contribution is -2.07. The molecule has 0 saturated heterocycles. The van der Waals surface area contributed by atoms with Crippen LogP contribution in [0.4, 0.5) is 0 Å². The van der Waals surface area contributed by atoms with Crippen molar-refractivity contribution in [2.24, 2.45) is 0 Å². The molecule has 0 aliphatic carbocycles. The van der Waals surface area contributed by atoms with Crippen molar-refractivity contribution in [3.63, 3.8) is 0 Å². The Morgan fingerprint density at radius 3 is 2.72 bits per heavy atom. The van der Waals surface area contributed by atoms with Gasteiger partial charge in [-0.2, -0.15) is 5.26 Å². The number of benzene rings is 1. The second-order valence-electron chi connectivity index (χ2n) is 3.90. The summed E-state index contributed by atoms with van der Waals surface area (Å²) in [5.74, 6) is 0.769. The van der Waals surface area contributed by atoms with E-state index >= 15 is 0 Å². The third-order valence-corrected chi connectivity index (χ3v) is 2.44. The summed E-state index contributed by atoms with van der Waals surface area (Å²) in [6, 6.07) is 7.55. The number of aryl methyl sites for hydroxylation is 1. The molecule has 18 heavy (non-hydrogen) atoms. The summed E-state index contributed by atoms with van der Waals surface area (Å²) < 4.78 is 15.8. The van der Waals surface area contributed by atoms with Crippen molar-refractivity contribution in [3.8, 4) is 11.8 Å². The molecule has 0 N–H and O–H groups in total. The molecule has 0 atom stereocenters. The molecule has 0 aliphatic rings. The predicted molar refractivity (Wildman–Crippen MR) is 68.7 cm³/mol. The lowest BCUT2D eigenvalue weighted by Gasteiger charge is -2.09. The van der Waals surface area contributed by atoms with Gasteiger partial charge in [0.05, 0.1) is 31.5 Å². The van der Waals surface area contributed by atoms with Gasteiger partial charge in [0.15, 0.2) is 0 Å². The molecule has 1 rings (SSSR count). The third-order valence-electron chi connectivity index (χ3n) is 2.44. The van der Waals surface area contributed by atoms with Crippen LogP contribution in [0.3, 0.4) is 0 Å². The van der Waals surface area contributed by atoms with Crippen molar-refractivity contribution in [2.45, 2.75) is 13.3 Å². The Labute approximate surface area is 108 Å². The zero-order chi connectivity index (χ0) is 13.2. The molecule has 98 valence electrons. The first kappa shape index (κ1) is 14.5. The van der Waals surface area contributed by atoms with Crippen molar-refractivity contribution < 1.29 is 14.2 Å². The molecule has 1 aromatic rings. The van der Waals surface area contributed by atoms with E-state index in [2.05, 4.69) is 6.07 Å². The second kappa shape index (κ2) is 8.51. The van der Waals surface area contributed by atoms with Crippen LogP contribution in [0.25, 0.3) is 0 Å². The molecule has 0 aliphatic heterocycles. The summed E-state index contributed by atoms with van der Waals surface area (Å²) in [7, 11) is 1.65. The van der Waals surface area contributed by atoms with Gasteiger partial charge in [-0.25, -0.2) is 0 Å². The van der Waals surface area contributed by atoms with Gasteiger partial charge in [0.1, 0.15) is 5.75 Å². The van der Waals surface area contributed by atoms with Crippen LogP contribution in [0, 0.1) is 18.3 Å². The fourth-order valence-electron chi connectivity index (χ4n) is 1.41. The molecular weight excluding hydrogens is 230 g/mol. The molecule has 0 unspecified atom stereocenters. The summed E-state index contributed by atoms with van der Waals surface area (Å²) in [4.78, 5) is 0. The largest absolute Gasteiger partial charge is 0.493 e. The molecule has 0 spiro atoms. The van der Waals surface area contributed by atoms with Gasteiger partial charge >= 0.3 is 0 Å². The standard InChI is InChI=1S/C14H19NO3/c1-12-4-5-13(11-15)10-14(12)18-7-3-6-17-9-8-16-2/h4-5,10H,3,6-9H2,1-2H3. The molecule has 0 fully saturated rings. The minimum atomic E-state index is 0.586. The van der Waals surface area contributed by atoms with Crippen LogP contribution in [-0.2, 0) is 9.47 Å². The molecular formula is C14H19NO3.